The summed E-state index contributed by atoms with van der Waals surface area (Å²) in [6.07, 6.45) is 0. The van der Waals surface area contributed by atoms with Crippen molar-refractivity contribution in [3.05, 3.63) is 16.0 Å². The SMILES string of the molecule is N#Cc1c(N)sc(C(=O)O)c1C(=O)O. The predicted octanol–water partition coefficient (Wildman–Crippen LogP) is 0.598. The number of carboxylic acids is 2. The van der Waals surface area contributed by atoms with E-state index in [4.69, 9.17) is 21.2 Å². The Kier molecular flexibility index (Phi) is 2.40. The first kappa shape index (κ1) is 10.0. The van der Waals surface area contributed by atoms with E-state index in [2.05, 4.69) is 0 Å². The molecule has 14 heavy (non-hydrogen) atoms. The molecule has 0 spiro atoms. The number of nitrogens with zero attached hydrogens (tertiary/aromatic N) is 1. The maximum Gasteiger partial charge on any atom is 0.346 e. The molecule has 0 aliphatic heterocycles. The molecule has 4 N–H and O–H groups in total. The van der Waals surface area contributed by atoms with Crippen molar-refractivity contribution in [3.8, 4) is 6.07 Å². The molecule has 1 aromatic rings. The van der Waals surface area contributed by atoms with Gasteiger partial charge in [-0.25, -0.2) is 9.59 Å². The van der Waals surface area contributed by atoms with Crippen molar-refractivity contribution in [2.24, 2.45) is 0 Å². The van der Waals surface area contributed by atoms with Crippen molar-refractivity contribution in [2.45, 2.75) is 0 Å². The highest BCUT2D eigenvalue weighted by Gasteiger charge is 2.26. The Morgan fingerprint density at radius 2 is 1.93 bits per heavy atom. The van der Waals surface area contributed by atoms with Crippen LogP contribution in [0.4, 0.5) is 5.00 Å². The highest BCUT2D eigenvalue weighted by atomic mass is 32.1. The number of hydrogen-bond donors (Lipinski definition) is 3. The van der Waals surface area contributed by atoms with Crippen LogP contribution in [0.1, 0.15) is 25.6 Å². The van der Waals surface area contributed by atoms with Crippen molar-refractivity contribution in [2.75, 3.05) is 5.73 Å². The highest BCUT2D eigenvalue weighted by molar-refractivity contribution is 7.18. The molecular weight excluding hydrogens is 208 g/mol. The number of hydrogen-bond acceptors (Lipinski definition) is 5. The fraction of sp³-hybridized carbons (Fsp3) is 0. The normalized spacial score (nSPS) is 9.36. The van der Waals surface area contributed by atoms with Gasteiger partial charge in [0, 0.05) is 0 Å². The molecule has 1 aromatic heterocycles. The zero-order valence-corrected chi connectivity index (χ0v) is 7.46. The van der Waals surface area contributed by atoms with Gasteiger partial charge in [0.05, 0.1) is 0 Å². The Morgan fingerprint density at radius 3 is 2.29 bits per heavy atom. The minimum absolute atomic E-state index is 0.0951. The van der Waals surface area contributed by atoms with Gasteiger partial charge < -0.3 is 15.9 Å². The number of aromatic carboxylic acids is 2. The van der Waals surface area contributed by atoms with E-state index in [0.717, 1.165) is 0 Å². The maximum atomic E-state index is 10.7. The number of nitrogen functional groups attached to an aromatic ring is 1. The molecule has 6 nitrogen and oxygen atoms in total. The van der Waals surface area contributed by atoms with Crippen LogP contribution in [0.15, 0.2) is 0 Å². The van der Waals surface area contributed by atoms with Gasteiger partial charge in [-0.05, 0) is 0 Å². The molecule has 72 valence electrons. The summed E-state index contributed by atoms with van der Waals surface area (Å²) in [6.45, 7) is 0. The van der Waals surface area contributed by atoms with E-state index in [9.17, 15) is 9.59 Å². The number of rotatable bonds is 2. The summed E-state index contributed by atoms with van der Waals surface area (Å²) in [5.41, 5.74) is 4.47. The molecule has 0 atom stereocenters. The quantitative estimate of drug-likeness (QED) is 0.659. The van der Waals surface area contributed by atoms with Crippen LogP contribution in [0.3, 0.4) is 0 Å². The minimum atomic E-state index is -1.47. The maximum absolute atomic E-state index is 10.7. The molecule has 0 fully saturated rings. The second-order valence-corrected chi connectivity index (χ2v) is 3.32. The van der Waals surface area contributed by atoms with E-state index in [1.54, 1.807) is 6.07 Å². The molecule has 1 heterocycles. The molecule has 0 saturated carbocycles. The molecule has 7 heteroatoms. The first-order chi connectivity index (χ1) is 6.49. The summed E-state index contributed by atoms with van der Waals surface area (Å²) in [5, 5.41) is 25.8. The van der Waals surface area contributed by atoms with Crippen LogP contribution < -0.4 is 5.73 Å². The van der Waals surface area contributed by atoms with Gasteiger partial charge in [0.15, 0.2) is 0 Å². The number of thiophene rings is 1. The first-order valence-corrected chi connectivity index (χ1v) is 4.09. The average Bonchev–Trinajstić information content (AvgIpc) is 2.42. The van der Waals surface area contributed by atoms with E-state index in [1.165, 1.54) is 0 Å². The lowest BCUT2D eigenvalue weighted by atomic mass is 10.1. The fourth-order valence-electron chi connectivity index (χ4n) is 0.914. The first-order valence-electron chi connectivity index (χ1n) is 3.28. The second-order valence-electron chi connectivity index (χ2n) is 2.27. The lowest BCUT2D eigenvalue weighted by Gasteiger charge is -1.92. The summed E-state index contributed by atoms with van der Waals surface area (Å²) < 4.78 is 0. The minimum Gasteiger partial charge on any atom is -0.478 e. The summed E-state index contributed by atoms with van der Waals surface area (Å²) >= 11 is 0.577. The van der Waals surface area contributed by atoms with Gasteiger partial charge >= 0.3 is 11.9 Å². The van der Waals surface area contributed by atoms with Gasteiger partial charge in [-0.3, -0.25) is 0 Å². The summed E-state index contributed by atoms with van der Waals surface area (Å²) in [4.78, 5) is 20.8. The molecule has 0 unspecified atom stereocenters. The van der Waals surface area contributed by atoms with Gasteiger partial charge in [-0.15, -0.1) is 11.3 Å². The third kappa shape index (κ3) is 1.38. The largest absolute Gasteiger partial charge is 0.478 e. The molecular formula is C7H4N2O4S. The van der Waals surface area contributed by atoms with Crippen LogP contribution in [-0.2, 0) is 0 Å². The smallest absolute Gasteiger partial charge is 0.346 e. The Morgan fingerprint density at radius 1 is 1.36 bits per heavy atom. The molecule has 0 saturated heterocycles. The van der Waals surface area contributed by atoms with Crippen LogP contribution in [0, 0.1) is 11.3 Å². The number of nitriles is 1. The van der Waals surface area contributed by atoms with Gasteiger partial charge in [-0.1, -0.05) is 0 Å². The number of carboxylic acid groups (broad SMARTS) is 2. The molecule has 0 radical (unpaired) electrons. The van der Waals surface area contributed by atoms with E-state index in [-0.39, 0.29) is 10.6 Å². The van der Waals surface area contributed by atoms with Crippen molar-refractivity contribution >= 4 is 28.3 Å². The van der Waals surface area contributed by atoms with E-state index in [1.807, 2.05) is 0 Å². The number of carbonyl (C=O) groups is 2. The van der Waals surface area contributed by atoms with Crippen LogP contribution in [-0.4, -0.2) is 22.2 Å². The van der Waals surface area contributed by atoms with E-state index in [0.29, 0.717) is 11.3 Å². The average molecular weight is 212 g/mol. The van der Waals surface area contributed by atoms with Gasteiger partial charge in [-0.2, -0.15) is 5.26 Å². The van der Waals surface area contributed by atoms with Crippen molar-refractivity contribution in [1.82, 2.24) is 0 Å². The van der Waals surface area contributed by atoms with Gasteiger partial charge in [0.25, 0.3) is 0 Å². The molecule has 0 aromatic carbocycles. The Hall–Kier alpha value is -2.07. The molecule has 1 rings (SSSR count). The zero-order valence-electron chi connectivity index (χ0n) is 6.64. The third-order valence-corrected chi connectivity index (χ3v) is 2.46. The second kappa shape index (κ2) is 3.35. The van der Waals surface area contributed by atoms with Crippen LogP contribution in [0.25, 0.3) is 0 Å². The lowest BCUT2D eigenvalue weighted by molar-refractivity contribution is 0.0656. The summed E-state index contributed by atoms with van der Waals surface area (Å²) in [7, 11) is 0. The van der Waals surface area contributed by atoms with Crippen LogP contribution >= 0.6 is 11.3 Å². The van der Waals surface area contributed by atoms with Crippen molar-refractivity contribution in [3.63, 3.8) is 0 Å². The highest BCUT2D eigenvalue weighted by Crippen LogP contribution is 2.30. The molecule has 0 bridgehead atoms. The van der Waals surface area contributed by atoms with E-state index >= 15 is 0 Å². The standard InChI is InChI=1S/C7H4N2O4S/c8-1-2-3(6(10)11)4(7(12)13)14-5(2)9/h9H2,(H,10,11)(H,12,13). The fourth-order valence-corrected chi connectivity index (χ4v) is 1.76. The van der Waals surface area contributed by atoms with E-state index < -0.39 is 22.4 Å². The zero-order chi connectivity index (χ0) is 10.9. The van der Waals surface area contributed by atoms with Crippen LogP contribution in [0.2, 0.25) is 0 Å². The molecule has 0 aliphatic carbocycles. The van der Waals surface area contributed by atoms with Crippen molar-refractivity contribution < 1.29 is 19.8 Å². The monoisotopic (exact) mass is 212 g/mol. The molecule has 0 amide bonds. The Labute approximate surface area is 81.8 Å². The number of nitrogens with two attached hydrogens (primary N) is 1. The lowest BCUT2D eigenvalue weighted by Crippen LogP contribution is -2.05. The Balaban J connectivity index is 3.56. The van der Waals surface area contributed by atoms with Crippen molar-refractivity contribution in [1.29, 1.82) is 5.26 Å². The third-order valence-electron chi connectivity index (χ3n) is 1.46. The number of anilines is 1. The predicted molar refractivity (Wildman–Crippen MR) is 47.4 cm³/mol. The van der Waals surface area contributed by atoms with Gasteiger partial charge in [0.1, 0.15) is 27.1 Å². The van der Waals surface area contributed by atoms with Gasteiger partial charge in [0.2, 0.25) is 0 Å². The summed E-state index contributed by atoms with van der Waals surface area (Å²) in [5.74, 6) is -2.87. The van der Waals surface area contributed by atoms with Crippen LogP contribution in [0.5, 0.6) is 0 Å². The summed E-state index contributed by atoms with van der Waals surface area (Å²) in [6, 6.07) is 1.56. The molecule has 0 aliphatic rings. The topological polar surface area (TPSA) is 124 Å². The Bertz CT molecular complexity index is 457.